The molecule has 2 heterocycles. The van der Waals surface area contributed by atoms with Gasteiger partial charge in [0.2, 0.25) is 5.91 Å². The number of hydrogen-bond acceptors (Lipinski definition) is 4. The Kier molecular flexibility index (Phi) is 6.88. The molecule has 30 heavy (non-hydrogen) atoms. The van der Waals surface area contributed by atoms with Crippen LogP contribution in [-0.2, 0) is 16.1 Å². The van der Waals surface area contributed by atoms with Crippen LogP contribution in [0.4, 0.5) is 0 Å². The summed E-state index contributed by atoms with van der Waals surface area (Å²) in [7, 11) is 0. The fraction of sp³-hybridized carbons (Fsp3) is 0.600. The number of rotatable bonds is 8. The summed E-state index contributed by atoms with van der Waals surface area (Å²) in [6, 6.07) is 8.60. The number of carbonyl (C=O) groups is 1. The number of para-hydroxylation sites is 1. The lowest BCUT2D eigenvalue weighted by Gasteiger charge is -2.34. The fourth-order valence-corrected chi connectivity index (χ4v) is 4.75. The summed E-state index contributed by atoms with van der Waals surface area (Å²) in [5.41, 5.74) is 3.02. The maximum atomic E-state index is 12.0. The summed E-state index contributed by atoms with van der Waals surface area (Å²) in [6.45, 7) is 6.45. The number of amides is 1. The standard InChI is InChI=1S/C25H34N2O3/c1-3-4-16-29-25-18(2)23(26-22-9-6-5-8-21(22)25)17-30-20-13-11-19(12-14-20)27-15-7-10-24(27)28/h5-6,8-9,19-20H,3-4,7,10-17H2,1-2H3/t19-,20-. The van der Waals surface area contributed by atoms with Crippen LogP contribution < -0.4 is 4.74 Å². The first kappa shape index (κ1) is 21.1. The number of pyridine rings is 1. The van der Waals surface area contributed by atoms with E-state index in [1.165, 1.54) is 0 Å². The van der Waals surface area contributed by atoms with Crippen molar-refractivity contribution in [1.82, 2.24) is 9.88 Å². The van der Waals surface area contributed by atoms with E-state index < -0.39 is 0 Å². The van der Waals surface area contributed by atoms with Crippen molar-refractivity contribution in [2.24, 2.45) is 0 Å². The van der Waals surface area contributed by atoms with Crippen molar-refractivity contribution in [3.63, 3.8) is 0 Å². The number of fused-ring (bicyclic) bond motifs is 1. The van der Waals surface area contributed by atoms with E-state index in [-0.39, 0.29) is 6.10 Å². The molecule has 162 valence electrons. The summed E-state index contributed by atoms with van der Waals surface area (Å²) in [6.07, 6.45) is 8.28. The molecule has 0 atom stereocenters. The number of carbonyl (C=O) groups excluding carboxylic acids is 1. The Morgan fingerprint density at radius 1 is 1.17 bits per heavy atom. The fourth-order valence-electron chi connectivity index (χ4n) is 4.75. The zero-order valence-electron chi connectivity index (χ0n) is 18.4. The Morgan fingerprint density at radius 3 is 2.70 bits per heavy atom. The molecule has 2 fully saturated rings. The average molecular weight is 411 g/mol. The Labute approximate surface area is 179 Å². The van der Waals surface area contributed by atoms with E-state index in [4.69, 9.17) is 14.5 Å². The Balaban J connectivity index is 1.40. The van der Waals surface area contributed by atoms with Crippen LogP contribution in [0.25, 0.3) is 10.9 Å². The molecule has 1 aromatic carbocycles. The third-order valence-corrected chi connectivity index (χ3v) is 6.57. The molecule has 0 bridgehead atoms. The monoisotopic (exact) mass is 410 g/mol. The summed E-state index contributed by atoms with van der Waals surface area (Å²) in [5, 5.41) is 1.07. The second kappa shape index (κ2) is 9.78. The number of aromatic nitrogens is 1. The lowest BCUT2D eigenvalue weighted by Crippen LogP contribution is -2.40. The molecule has 5 heteroatoms. The van der Waals surface area contributed by atoms with Crippen molar-refractivity contribution < 1.29 is 14.3 Å². The van der Waals surface area contributed by atoms with Crippen LogP contribution in [-0.4, -0.2) is 41.1 Å². The molecule has 1 aliphatic heterocycles. The number of benzene rings is 1. The number of nitrogens with zero attached hydrogens (tertiary/aromatic N) is 2. The van der Waals surface area contributed by atoms with Crippen LogP contribution in [0.3, 0.4) is 0 Å². The van der Waals surface area contributed by atoms with Crippen molar-refractivity contribution in [3.05, 3.63) is 35.5 Å². The van der Waals surface area contributed by atoms with Gasteiger partial charge in [-0.05, 0) is 57.6 Å². The second-order valence-corrected chi connectivity index (χ2v) is 8.66. The molecule has 1 saturated carbocycles. The third-order valence-electron chi connectivity index (χ3n) is 6.57. The van der Waals surface area contributed by atoms with Crippen LogP contribution in [0.2, 0.25) is 0 Å². The minimum atomic E-state index is 0.246. The van der Waals surface area contributed by atoms with Gasteiger partial charge in [-0.15, -0.1) is 0 Å². The number of hydrogen-bond donors (Lipinski definition) is 0. The summed E-state index contributed by atoms with van der Waals surface area (Å²) < 4.78 is 12.5. The van der Waals surface area contributed by atoms with Crippen molar-refractivity contribution in [3.8, 4) is 5.75 Å². The highest BCUT2D eigenvalue weighted by atomic mass is 16.5. The molecule has 0 N–H and O–H groups in total. The predicted molar refractivity (Wildman–Crippen MR) is 119 cm³/mol. The highest BCUT2D eigenvalue weighted by Gasteiger charge is 2.31. The van der Waals surface area contributed by atoms with Crippen LogP contribution >= 0.6 is 0 Å². The van der Waals surface area contributed by atoms with Gasteiger partial charge in [-0.1, -0.05) is 25.5 Å². The van der Waals surface area contributed by atoms with Crippen LogP contribution in [0, 0.1) is 6.92 Å². The highest BCUT2D eigenvalue weighted by molar-refractivity contribution is 5.86. The van der Waals surface area contributed by atoms with E-state index in [0.29, 0.717) is 18.6 Å². The van der Waals surface area contributed by atoms with Gasteiger partial charge in [-0.25, -0.2) is 4.98 Å². The van der Waals surface area contributed by atoms with E-state index in [2.05, 4.69) is 24.8 Å². The smallest absolute Gasteiger partial charge is 0.222 e. The topological polar surface area (TPSA) is 51.7 Å². The molecular formula is C25H34N2O3. The lowest BCUT2D eigenvalue weighted by molar-refractivity contribution is -0.131. The van der Waals surface area contributed by atoms with Crippen molar-refractivity contribution in [2.45, 2.75) is 84.0 Å². The maximum absolute atomic E-state index is 12.0. The number of ether oxygens (including phenoxy) is 2. The van der Waals surface area contributed by atoms with E-state index in [0.717, 1.165) is 92.4 Å². The Morgan fingerprint density at radius 2 is 1.97 bits per heavy atom. The second-order valence-electron chi connectivity index (χ2n) is 8.66. The Bertz CT molecular complexity index is 874. The van der Waals surface area contributed by atoms with Crippen LogP contribution in [0.1, 0.15) is 69.5 Å². The van der Waals surface area contributed by atoms with Gasteiger partial charge in [0.15, 0.2) is 0 Å². The summed E-state index contributed by atoms with van der Waals surface area (Å²) in [5.74, 6) is 1.29. The molecule has 5 nitrogen and oxygen atoms in total. The van der Waals surface area contributed by atoms with Gasteiger partial charge >= 0.3 is 0 Å². The maximum Gasteiger partial charge on any atom is 0.222 e. The van der Waals surface area contributed by atoms with Crippen molar-refractivity contribution in [1.29, 1.82) is 0 Å². The van der Waals surface area contributed by atoms with E-state index in [1.807, 2.05) is 18.2 Å². The number of unbranched alkanes of at least 4 members (excludes halogenated alkanes) is 1. The molecule has 1 saturated heterocycles. The largest absolute Gasteiger partial charge is 0.493 e. The normalized spacial score (nSPS) is 22.1. The molecule has 0 radical (unpaired) electrons. The van der Waals surface area contributed by atoms with Gasteiger partial charge in [0, 0.05) is 30.0 Å². The van der Waals surface area contributed by atoms with Crippen LogP contribution in [0.15, 0.2) is 24.3 Å². The molecule has 0 spiro atoms. The summed E-state index contributed by atoms with van der Waals surface area (Å²) in [4.78, 5) is 19.0. The van der Waals surface area contributed by atoms with Crippen LogP contribution in [0.5, 0.6) is 5.75 Å². The molecule has 2 aliphatic rings. The first-order chi connectivity index (χ1) is 14.7. The van der Waals surface area contributed by atoms with Gasteiger partial charge in [0.25, 0.3) is 0 Å². The molecule has 0 unspecified atom stereocenters. The van der Waals surface area contributed by atoms with E-state index in [1.54, 1.807) is 0 Å². The predicted octanol–water partition coefficient (Wildman–Crippen LogP) is 5.17. The zero-order chi connectivity index (χ0) is 20.9. The van der Waals surface area contributed by atoms with E-state index >= 15 is 0 Å². The van der Waals surface area contributed by atoms with Crippen molar-refractivity contribution in [2.75, 3.05) is 13.2 Å². The molecule has 2 aromatic rings. The van der Waals surface area contributed by atoms with Gasteiger partial charge in [-0.3, -0.25) is 4.79 Å². The van der Waals surface area contributed by atoms with E-state index in [9.17, 15) is 4.79 Å². The lowest BCUT2D eigenvalue weighted by atomic mass is 9.92. The molecule has 1 amide bonds. The van der Waals surface area contributed by atoms with Crippen molar-refractivity contribution >= 4 is 16.8 Å². The first-order valence-corrected chi connectivity index (χ1v) is 11.6. The van der Waals surface area contributed by atoms with Gasteiger partial charge in [0.1, 0.15) is 5.75 Å². The highest BCUT2D eigenvalue weighted by Crippen LogP contribution is 2.32. The zero-order valence-corrected chi connectivity index (χ0v) is 18.4. The average Bonchev–Trinajstić information content (AvgIpc) is 3.20. The number of likely N-dealkylation sites (tertiary alicyclic amines) is 1. The molecule has 1 aliphatic carbocycles. The molecule has 1 aromatic heterocycles. The van der Waals surface area contributed by atoms with Gasteiger partial charge in [0.05, 0.1) is 30.5 Å². The molecular weight excluding hydrogens is 376 g/mol. The third kappa shape index (κ3) is 4.61. The summed E-state index contributed by atoms with van der Waals surface area (Å²) >= 11 is 0. The SMILES string of the molecule is CCCCOc1c(C)c(CO[C@H]2CC[C@H](N3CCCC3=O)CC2)nc2ccccc12. The quantitative estimate of drug-likeness (QED) is 0.563. The minimum Gasteiger partial charge on any atom is -0.493 e. The minimum absolute atomic E-state index is 0.246. The Hall–Kier alpha value is -2.14. The first-order valence-electron chi connectivity index (χ1n) is 11.6. The molecule has 4 rings (SSSR count). The van der Waals surface area contributed by atoms with Gasteiger partial charge < -0.3 is 14.4 Å². The van der Waals surface area contributed by atoms with Gasteiger partial charge in [-0.2, -0.15) is 0 Å².